The summed E-state index contributed by atoms with van der Waals surface area (Å²) in [6, 6.07) is 0. The van der Waals surface area contributed by atoms with E-state index in [1.165, 1.54) is 9.78 Å². The predicted octanol–water partition coefficient (Wildman–Crippen LogP) is 4.31. The Hall–Kier alpha value is -0.990. The summed E-state index contributed by atoms with van der Waals surface area (Å²) in [5.74, 6) is 1.23. The van der Waals surface area contributed by atoms with Gasteiger partial charge in [-0.3, -0.25) is 4.79 Å². The van der Waals surface area contributed by atoms with Crippen LogP contribution in [-0.2, 0) is 4.79 Å². The van der Waals surface area contributed by atoms with E-state index in [2.05, 4.69) is 58.8 Å². The molecule has 0 aliphatic carbocycles. The topological polar surface area (TPSA) is 39.7 Å². The molecule has 0 N–H and O–H groups in total. The maximum atomic E-state index is 11.6. The van der Waals surface area contributed by atoms with Crippen LogP contribution < -0.4 is 9.80 Å². The summed E-state index contributed by atoms with van der Waals surface area (Å²) in [7, 11) is 0. The van der Waals surface area contributed by atoms with E-state index >= 15 is 0 Å². The minimum atomic E-state index is 0.159. The van der Waals surface area contributed by atoms with Crippen LogP contribution in [0.1, 0.15) is 27.7 Å². The zero-order chi connectivity index (χ0) is 18.8. The minimum absolute atomic E-state index is 0.159. The fourth-order valence-electron chi connectivity index (χ4n) is 2.95. The normalized spacial score (nSPS) is 18.3. The van der Waals surface area contributed by atoms with E-state index < -0.39 is 0 Å². The molecule has 0 unspecified atom stereocenters. The van der Waals surface area contributed by atoms with Gasteiger partial charge in [0, 0.05) is 55.6 Å². The Kier molecular flexibility index (Phi) is 6.35. The van der Waals surface area contributed by atoms with E-state index in [-0.39, 0.29) is 5.91 Å². The van der Waals surface area contributed by atoms with Crippen molar-refractivity contribution < 1.29 is 4.79 Å². The number of amides is 1. The van der Waals surface area contributed by atoms with Crippen LogP contribution in [0.3, 0.4) is 0 Å². The molecule has 0 spiro atoms. The van der Waals surface area contributed by atoms with Crippen LogP contribution >= 0.6 is 39.0 Å². The molecule has 0 aromatic carbocycles. The SMILES string of the molecule is CC(=O)N1CCN(c2nc(N3C=CC(Br)=C(C)C3)sc2SC(C)C)CC1. The Bertz CT molecular complexity index is 736. The third kappa shape index (κ3) is 4.46. The lowest BCUT2D eigenvalue weighted by Gasteiger charge is -2.34. The van der Waals surface area contributed by atoms with Crippen molar-refractivity contribution in [3.8, 4) is 0 Å². The number of nitrogens with zero attached hydrogens (tertiary/aromatic N) is 4. The van der Waals surface area contributed by atoms with Crippen molar-refractivity contribution >= 4 is 55.9 Å². The van der Waals surface area contributed by atoms with Crippen molar-refractivity contribution in [2.24, 2.45) is 0 Å². The van der Waals surface area contributed by atoms with Crippen LogP contribution in [0.2, 0.25) is 0 Å². The van der Waals surface area contributed by atoms with Crippen LogP contribution in [-0.4, -0.2) is 53.8 Å². The summed E-state index contributed by atoms with van der Waals surface area (Å²) >= 11 is 7.23. The molecular formula is C18H25BrN4OS2. The first-order valence-electron chi connectivity index (χ1n) is 8.83. The molecule has 0 atom stereocenters. The number of carbonyl (C=O) groups excluding carboxylic acids is 1. The summed E-state index contributed by atoms with van der Waals surface area (Å²) in [5.41, 5.74) is 1.30. The Morgan fingerprint density at radius 2 is 2.00 bits per heavy atom. The van der Waals surface area contributed by atoms with Crippen molar-refractivity contribution in [3.63, 3.8) is 0 Å². The Balaban J connectivity index is 1.82. The molecule has 0 radical (unpaired) electrons. The van der Waals surface area contributed by atoms with Gasteiger partial charge < -0.3 is 14.7 Å². The number of carbonyl (C=O) groups is 1. The van der Waals surface area contributed by atoms with Crippen molar-refractivity contribution in [1.82, 2.24) is 9.88 Å². The second-order valence-corrected chi connectivity index (χ2v) is 10.5. The number of aromatic nitrogens is 1. The van der Waals surface area contributed by atoms with Crippen molar-refractivity contribution in [1.29, 1.82) is 0 Å². The average Bonchev–Trinajstić information content (AvgIpc) is 3.00. The first kappa shape index (κ1) is 19.8. The van der Waals surface area contributed by atoms with E-state index in [1.807, 2.05) is 16.7 Å². The van der Waals surface area contributed by atoms with Crippen LogP contribution in [0.25, 0.3) is 0 Å². The molecule has 1 saturated heterocycles. The van der Waals surface area contributed by atoms with Gasteiger partial charge in [-0.15, -0.1) is 11.8 Å². The highest BCUT2D eigenvalue weighted by molar-refractivity contribution is 9.11. The number of thiazole rings is 1. The first-order chi connectivity index (χ1) is 12.3. The molecule has 1 fully saturated rings. The highest BCUT2D eigenvalue weighted by atomic mass is 79.9. The van der Waals surface area contributed by atoms with E-state index in [4.69, 9.17) is 4.98 Å². The lowest BCUT2D eigenvalue weighted by atomic mass is 10.2. The number of piperazine rings is 1. The lowest BCUT2D eigenvalue weighted by Crippen LogP contribution is -2.48. The second kappa shape index (κ2) is 8.35. The van der Waals surface area contributed by atoms with E-state index in [9.17, 15) is 4.79 Å². The summed E-state index contributed by atoms with van der Waals surface area (Å²) in [5, 5.41) is 1.54. The number of allylic oxidation sites excluding steroid dienone is 2. The summed E-state index contributed by atoms with van der Waals surface area (Å²) in [6.45, 7) is 12.3. The van der Waals surface area contributed by atoms with Gasteiger partial charge in [0.15, 0.2) is 10.9 Å². The van der Waals surface area contributed by atoms with Gasteiger partial charge in [-0.25, -0.2) is 4.98 Å². The van der Waals surface area contributed by atoms with Gasteiger partial charge in [-0.2, -0.15) is 0 Å². The van der Waals surface area contributed by atoms with Crippen molar-refractivity contribution in [2.45, 2.75) is 37.2 Å². The standard InChI is InChI=1S/C18H25BrN4OS2/c1-12(2)25-17-16(22-9-7-21(8-10-22)14(4)24)20-18(26-17)23-6-5-15(19)13(3)11-23/h5-6,12H,7-11H2,1-4H3. The van der Waals surface area contributed by atoms with Gasteiger partial charge in [0.2, 0.25) is 5.91 Å². The predicted molar refractivity (Wildman–Crippen MR) is 116 cm³/mol. The molecule has 3 heterocycles. The van der Waals surface area contributed by atoms with Gasteiger partial charge in [0.1, 0.15) is 4.21 Å². The Morgan fingerprint density at radius 1 is 1.31 bits per heavy atom. The van der Waals surface area contributed by atoms with Crippen molar-refractivity contribution in [3.05, 3.63) is 22.3 Å². The number of thioether (sulfide) groups is 1. The van der Waals surface area contributed by atoms with Crippen LogP contribution in [0, 0.1) is 0 Å². The molecule has 1 aromatic rings. The highest BCUT2D eigenvalue weighted by Crippen LogP contribution is 2.42. The number of halogens is 1. The minimum Gasteiger partial charge on any atom is -0.351 e. The molecule has 1 amide bonds. The molecule has 1 aromatic heterocycles. The second-order valence-electron chi connectivity index (χ2n) is 6.84. The van der Waals surface area contributed by atoms with E-state index in [0.717, 1.165) is 48.2 Å². The molecule has 26 heavy (non-hydrogen) atoms. The number of hydrogen-bond acceptors (Lipinski definition) is 6. The largest absolute Gasteiger partial charge is 0.351 e. The monoisotopic (exact) mass is 456 g/mol. The van der Waals surface area contributed by atoms with E-state index in [1.54, 1.807) is 18.3 Å². The van der Waals surface area contributed by atoms with Crippen LogP contribution in [0.4, 0.5) is 10.9 Å². The molecule has 0 bridgehead atoms. The first-order valence-corrected chi connectivity index (χ1v) is 11.3. The zero-order valence-electron chi connectivity index (χ0n) is 15.7. The molecule has 142 valence electrons. The molecular weight excluding hydrogens is 432 g/mol. The quantitative estimate of drug-likeness (QED) is 0.630. The van der Waals surface area contributed by atoms with Crippen LogP contribution in [0.5, 0.6) is 0 Å². The average molecular weight is 457 g/mol. The molecule has 2 aliphatic heterocycles. The van der Waals surface area contributed by atoms with Gasteiger partial charge in [-0.05, 0) is 18.6 Å². The van der Waals surface area contributed by atoms with Gasteiger partial charge in [0.25, 0.3) is 0 Å². The van der Waals surface area contributed by atoms with Crippen LogP contribution in [0.15, 0.2) is 26.5 Å². The lowest BCUT2D eigenvalue weighted by molar-refractivity contribution is -0.129. The fraction of sp³-hybridized carbons (Fsp3) is 0.556. The number of anilines is 2. The summed E-state index contributed by atoms with van der Waals surface area (Å²) < 4.78 is 2.42. The van der Waals surface area contributed by atoms with Gasteiger partial charge >= 0.3 is 0 Å². The van der Waals surface area contributed by atoms with E-state index in [0.29, 0.717) is 5.25 Å². The third-order valence-electron chi connectivity index (χ3n) is 4.40. The van der Waals surface area contributed by atoms with Gasteiger partial charge in [-0.1, -0.05) is 41.1 Å². The molecule has 8 heteroatoms. The Labute approximate surface area is 172 Å². The maximum absolute atomic E-state index is 11.6. The summed E-state index contributed by atoms with van der Waals surface area (Å²) in [6.07, 6.45) is 4.18. The maximum Gasteiger partial charge on any atom is 0.219 e. The molecule has 2 aliphatic rings. The third-order valence-corrected chi connectivity index (χ3v) is 7.62. The number of rotatable bonds is 4. The summed E-state index contributed by atoms with van der Waals surface area (Å²) in [4.78, 5) is 23.0. The smallest absolute Gasteiger partial charge is 0.219 e. The Morgan fingerprint density at radius 3 is 2.58 bits per heavy atom. The fourth-order valence-corrected chi connectivity index (χ4v) is 5.70. The van der Waals surface area contributed by atoms with Crippen molar-refractivity contribution in [2.75, 3.05) is 42.5 Å². The molecule has 0 saturated carbocycles. The molecule has 5 nitrogen and oxygen atoms in total. The number of hydrogen-bond donors (Lipinski definition) is 0. The zero-order valence-corrected chi connectivity index (χ0v) is 18.9. The van der Waals surface area contributed by atoms with Gasteiger partial charge in [0.05, 0.1) is 0 Å². The highest BCUT2D eigenvalue weighted by Gasteiger charge is 2.26. The molecule has 3 rings (SSSR count).